The van der Waals surface area contributed by atoms with Crippen LogP contribution in [0.5, 0.6) is 0 Å². The summed E-state index contributed by atoms with van der Waals surface area (Å²) in [5, 5.41) is 8.72. The van der Waals surface area contributed by atoms with Crippen LogP contribution in [0.4, 0.5) is 0 Å². The molecule has 0 bridgehead atoms. The molecule has 0 aliphatic carbocycles. The number of hydrogen-bond acceptors (Lipinski definition) is 1. The minimum absolute atomic E-state index is 0.513. The van der Waals surface area contributed by atoms with Gasteiger partial charge < -0.3 is 5.11 Å². The Kier molecular flexibility index (Phi) is 2.75. The Hall–Kier alpha value is -0.540. The molecular weight excluding hydrogens is 243 g/mol. The third-order valence-electron chi connectivity index (χ3n) is 1.40. The molecule has 12 heavy (non-hydrogen) atoms. The number of carboxylic acids is 1. The lowest BCUT2D eigenvalue weighted by Gasteiger charge is -2.13. The van der Waals surface area contributed by atoms with E-state index in [1.54, 1.807) is 30.3 Å². The van der Waals surface area contributed by atoms with Crippen LogP contribution in [-0.2, 0) is 8.58 Å². The monoisotopic (exact) mass is 248 g/mol. The first-order valence-electron chi connectivity index (χ1n) is 3.22. The Balaban J connectivity index is 3.06. The summed E-state index contributed by atoms with van der Waals surface area (Å²) in [6, 6.07) is 8.56. The molecule has 0 spiro atoms. The van der Waals surface area contributed by atoms with Gasteiger partial charge in [-0.3, -0.25) is 0 Å². The molecule has 1 unspecified atom stereocenters. The van der Waals surface area contributed by atoms with E-state index in [1.807, 2.05) is 0 Å². The summed E-state index contributed by atoms with van der Waals surface area (Å²) in [4.78, 5) is 10.6. The van der Waals surface area contributed by atoms with Crippen LogP contribution < -0.4 is 0 Å². The maximum atomic E-state index is 10.6. The molecule has 0 saturated carbocycles. The molecule has 1 atom stereocenters. The zero-order valence-corrected chi connectivity index (χ0v) is 8.34. The summed E-state index contributed by atoms with van der Waals surface area (Å²) in [5.74, 6) is -1.12. The number of carbonyl (C=O) groups is 1. The Morgan fingerprint density at radius 2 is 1.92 bits per heavy atom. The topological polar surface area (TPSA) is 37.3 Å². The van der Waals surface area contributed by atoms with E-state index in [0.717, 1.165) is 0 Å². The Morgan fingerprint density at radius 3 is 2.33 bits per heavy atom. The van der Waals surface area contributed by atoms with Gasteiger partial charge >= 0.3 is 5.97 Å². The summed E-state index contributed by atoms with van der Waals surface area (Å²) in [6.07, 6.45) is 0. The molecule has 0 amide bonds. The summed E-state index contributed by atoms with van der Waals surface area (Å²) < 4.78 is -1.51. The van der Waals surface area contributed by atoms with Crippen molar-refractivity contribution in [3.63, 3.8) is 0 Å². The van der Waals surface area contributed by atoms with Crippen LogP contribution in [0.3, 0.4) is 0 Å². The van der Waals surface area contributed by atoms with Crippen LogP contribution in [0.25, 0.3) is 0 Å². The molecule has 0 fully saturated rings. The van der Waals surface area contributed by atoms with Crippen molar-refractivity contribution in [3.05, 3.63) is 35.9 Å². The minimum Gasteiger partial charge on any atom is -0.479 e. The molecule has 64 valence electrons. The molecule has 1 rings (SSSR count). The van der Waals surface area contributed by atoms with Gasteiger partial charge in [-0.25, -0.2) is 4.79 Å². The van der Waals surface area contributed by atoms with Crippen LogP contribution in [0, 0.1) is 0 Å². The van der Waals surface area contributed by atoms with Gasteiger partial charge in [-0.05, 0) is 21.5 Å². The number of alkyl halides is 2. The fraction of sp³-hybridized carbons (Fsp3) is 0.125. The van der Waals surface area contributed by atoms with E-state index in [4.69, 9.17) is 16.7 Å². The smallest absolute Gasteiger partial charge is 0.340 e. The standard InChI is InChI=1S/C8H6BrClO2/c9-8(10,7(11)12)6-4-2-1-3-5-6/h1-5H,(H,11,12). The zero-order chi connectivity index (χ0) is 9.19. The van der Waals surface area contributed by atoms with E-state index < -0.39 is 9.75 Å². The predicted molar refractivity (Wildman–Crippen MR) is 50.5 cm³/mol. The van der Waals surface area contributed by atoms with Gasteiger partial charge in [0.25, 0.3) is 0 Å². The molecule has 2 nitrogen and oxygen atoms in total. The normalized spacial score (nSPS) is 15.2. The van der Waals surface area contributed by atoms with Crippen molar-refractivity contribution in [2.45, 2.75) is 3.78 Å². The lowest BCUT2D eigenvalue weighted by atomic mass is 10.1. The average molecular weight is 249 g/mol. The highest BCUT2D eigenvalue weighted by atomic mass is 79.9. The molecule has 0 aliphatic rings. The second-order valence-electron chi connectivity index (χ2n) is 2.25. The van der Waals surface area contributed by atoms with Gasteiger partial charge in [0.1, 0.15) is 0 Å². The van der Waals surface area contributed by atoms with Crippen LogP contribution in [0.15, 0.2) is 30.3 Å². The fourth-order valence-corrected chi connectivity index (χ4v) is 1.16. The van der Waals surface area contributed by atoms with Crippen molar-refractivity contribution >= 4 is 33.5 Å². The van der Waals surface area contributed by atoms with E-state index >= 15 is 0 Å². The van der Waals surface area contributed by atoms with Crippen molar-refractivity contribution < 1.29 is 9.90 Å². The van der Waals surface area contributed by atoms with Crippen molar-refractivity contribution in [2.75, 3.05) is 0 Å². The van der Waals surface area contributed by atoms with Gasteiger partial charge in [0.15, 0.2) is 0 Å². The SMILES string of the molecule is O=C(O)C(Cl)(Br)c1ccccc1. The molecule has 0 aliphatic heterocycles. The number of hydrogen-bond donors (Lipinski definition) is 1. The van der Waals surface area contributed by atoms with Gasteiger partial charge in [0.2, 0.25) is 3.78 Å². The molecule has 4 heteroatoms. The zero-order valence-electron chi connectivity index (χ0n) is 6.00. The highest BCUT2D eigenvalue weighted by Crippen LogP contribution is 2.35. The highest BCUT2D eigenvalue weighted by molar-refractivity contribution is 9.10. The summed E-state index contributed by atoms with van der Waals surface area (Å²) in [5.41, 5.74) is 0.513. The largest absolute Gasteiger partial charge is 0.479 e. The third kappa shape index (κ3) is 1.79. The van der Waals surface area contributed by atoms with Gasteiger partial charge in [-0.1, -0.05) is 41.9 Å². The quantitative estimate of drug-likeness (QED) is 0.818. The van der Waals surface area contributed by atoms with Gasteiger partial charge in [-0.2, -0.15) is 0 Å². The number of halogens is 2. The van der Waals surface area contributed by atoms with Crippen molar-refractivity contribution in [3.8, 4) is 0 Å². The maximum Gasteiger partial charge on any atom is 0.340 e. The molecule has 0 radical (unpaired) electrons. The summed E-state index contributed by atoms with van der Waals surface area (Å²) in [7, 11) is 0. The molecule has 1 aromatic carbocycles. The lowest BCUT2D eigenvalue weighted by Crippen LogP contribution is -2.21. The first kappa shape index (κ1) is 9.55. The maximum absolute atomic E-state index is 10.6. The average Bonchev–Trinajstić information content (AvgIpc) is 2.06. The van der Waals surface area contributed by atoms with Crippen LogP contribution in [0.2, 0.25) is 0 Å². The molecule has 1 N–H and O–H groups in total. The van der Waals surface area contributed by atoms with Crippen molar-refractivity contribution in [1.82, 2.24) is 0 Å². The third-order valence-corrected chi connectivity index (χ3v) is 2.58. The van der Waals surface area contributed by atoms with Crippen molar-refractivity contribution in [1.29, 1.82) is 0 Å². The molecule has 0 aromatic heterocycles. The fourth-order valence-electron chi connectivity index (χ4n) is 0.771. The van der Waals surface area contributed by atoms with Crippen LogP contribution in [0.1, 0.15) is 5.56 Å². The Bertz CT molecular complexity index is 284. The van der Waals surface area contributed by atoms with Gasteiger partial charge in [-0.15, -0.1) is 0 Å². The van der Waals surface area contributed by atoms with E-state index in [0.29, 0.717) is 5.56 Å². The van der Waals surface area contributed by atoms with E-state index in [1.165, 1.54) is 0 Å². The summed E-state index contributed by atoms with van der Waals surface area (Å²) in [6.45, 7) is 0. The predicted octanol–water partition coefficient (Wildman–Crippen LogP) is 2.56. The van der Waals surface area contributed by atoms with Crippen LogP contribution >= 0.6 is 27.5 Å². The van der Waals surface area contributed by atoms with E-state index in [9.17, 15) is 4.79 Å². The number of benzene rings is 1. The van der Waals surface area contributed by atoms with Gasteiger partial charge in [0.05, 0.1) is 0 Å². The van der Waals surface area contributed by atoms with Crippen LogP contribution in [-0.4, -0.2) is 11.1 Å². The highest BCUT2D eigenvalue weighted by Gasteiger charge is 2.34. The van der Waals surface area contributed by atoms with Crippen molar-refractivity contribution in [2.24, 2.45) is 0 Å². The first-order valence-corrected chi connectivity index (χ1v) is 4.39. The van der Waals surface area contributed by atoms with Gasteiger partial charge in [0, 0.05) is 0 Å². The molecule has 0 heterocycles. The van der Waals surface area contributed by atoms with E-state index in [-0.39, 0.29) is 0 Å². The molecule has 1 aromatic rings. The summed E-state index contributed by atoms with van der Waals surface area (Å²) >= 11 is 8.63. The minimum atomic E-state index is -1.51. The number of aliphatic carboxylic acids is 1. The lowest BCUT2D eigenvalue weighted by molar-refractivity contribution is -0.137. The van der Waals surface area contributed by atoms with E-state index in [2.05, 4.69) is 15.9 Å². The molecular formula is C8H6BrClO2. The Labute approximate surface area is 83.3 Å². The second-order valence-corrected chi connectivity index (χ2v) is 4.46. The molecule has 0 saturated heterocycles. The Morgan fingerprint density at radius 1 is 1.42 bits per heavy atom. The number of rotatable bonds is 2. The second kappa shape index (κ2) is 3.46. The number of carboxylic acid groups (broad SMARTS) is 1. The first-order chi connectivity index (χ1) is 5.55.